The van der Waals surface area contributed by atoms with E-state index >= 15 is 0 Å². The van der Waals surface area contributed by atoms with Gasteiger partial charge in [-0.1, -0.05) is 0 Å². The second kappa shape index (κ2) is 7.64. The number of amides is 1. The number of carbonyl (C=O) groups is 1. The number of alkyl halides is 3. The Morgan fingerprint density at radius 3 is 2.60 bits per heavy atom. The standard InChI is InChI=1S/C17H20F3N3O2/c1-2-25-14-6-5-12(17(18,19)20)9-13(14)22-10-15(24)23-16(11-21)7-3-4-8-16/h5-6,9,22H,2-4,7-8,10H2,1H3,(H,23,24). The second-order valence-corrected chi connectivity index (χ2v) is 5.94. The van der Waals surface area contributed by atoms with Crippen LogP contribution in [-0.4, -0.2) is 24.6 Å². The lowest BCUT2D eigenvalue weighted by Crippen LogP contribution is -2.47. The van der Waals surface area contributed by atoms with Crippen molar-refractivity contribution in [1.82, 2.24) is 5.32 Å². The zero-order chi connectivity index (χ0) is 18.5. The summed E-state index contributed by atoms with van der Waals surface area (Å²) in [5.41, 5.74) is -1.61. The van der Waals surface area contributed by atoms with E-state index in [0.717, 1.165) is 25.0 Å². The smallest absolute Gasteiger partial charge is 0.416 e. The molecule has 2 N–H and O–H groups in total. The number of nitrogens with one attached hydrogen (secondary N) is 2. The Balaban J connectivity index is 2.07. The molecule has 1 aromatic carbocycles. The molecule has 0 aromatic heterocycles. The van der Waals surface area contributed by atoms with Gasteiger partial charge in [0, 0.05) is 0 Å². The average molecular weight is 355 g/mol. The van der Waals surface area contributed by atoms with Crippen LogP contribution in [0.4, 0.5) is 18.9 Å². The number of rotatable bonds is 6. The van der Waals surface area contributed by atoms with Crippen molar-refractivity contribution in [3.05, 3.63) is 23.8 Å². The van der Waals surface area contributed by atoms with Crippen LogP contribution in [-0.2, 0) is 11.0 Å². The van der Waals surface area contributed by atoms with E-state index in [1.807, 2.05) is 0 Å². The largest absolute Gasteiger partial charge is 0.492 e. The molecule has 2 rings (SSSR count). The second-order valence-electron chi connectivity index (χ2n) is 5.94. The van der Waals surface area contributed by atoms with Gasteiger partial charge >= 0.3 is 6.18 Å². The first-order valence-corrected chi connectivity index (χ1v) is 8.10. The van der Waals surface area contributed by atoms with Crippen molar-refractivity contribution in [2.75, 3.05) is 18.5 Å². The van der Waals surface area contributed by atoms with Crippen molar-refractivity contribution in [2.24, 2.45) is 0 Å². The molecular weight excluding hydrogens is 335 g/mol. The summed E-state index contributed by atoms with van der Waals surface area (Å²) in [5.74, 6) is -0.206. The first kappa shape index (κ1) is 18.9. The van der Waals surface area contributed by atoms with Gasteiger partial charge in [-0.3, -0.25) is 4.79 Å². The Bertz CT molecular complexity index is 662. The summed E-state index contributed by atoms with van der Waals surface area (Å²) in [4.78, 5) is 12.1. The molecule has 0 unspecified atom stereocenters. The van der Waals surface area contributed by atoms with Gasteiger partial charge in [0.2, 0.25) is 5.91 Å². The Hall–Kier alpha value is -2.43. The third kappa shape index (κ3) is 4.78. The minimum absolute atomic E-state index is 0.0873. The van der Waals surface area contributed by atoms with Crippen molar-refractivity contribution in [3.8, 4) is 11.8 Å². The molecule has 0 radical (unpaired) electrons. The molecule has 1 amide bonds. The summed E-state index contributed by atoms with van der Waals surface area (Å²) in [5, 5.41) is 14.6. The summed E-state index contributed by atoms with van der Waals surface area (Å²) in [6.07, 6.45) is -1.59. The highest BCUT2D eigenvalue weighted by Gasteiger charge is 2.35. The predicted octanol–water partition coefficient (Wildman–Crippen LogP) is 3.47. The van der Waals surface area contributed by atoms with Crippen molar-refractivity contribution in [2.45, 2.75) is 44.3 Å². The van der Waals surface area contributed by atoms with Gasteiger partial charge in [0.1, 0.15) is 11.3 Å². The van der Waals surface area contributed by atoms with Crippen molar-refractivity contribution >= 4 is 11.6 Å². The van der Waals surface area contributed by atoms with E-state index in [0.29, 0.717) is 12.8 Å². The maximum absolute atomic E-state index is 12.9. The molecule has 1 aromatic rings. The first-order valence-electron chi connectivity index (χ1n) is 8.10. The molecule has 0 heterocycles. The fraction of sp³-hybridized carbons (Fsp3) is 0.529. The summed E-state index contributed by atoms with van der Waals surface area (Å²) in [7, 11) is 0. The highest BCUT2D eigenvalue weighted by atomic mass is 19.4. The number of anilines is 1. The lowest BCUT2D eigenvalue weighted by atomic mass is 10.00. The molecule has 0 spiro atoms. The molecular formula is C17H20F3N3O2. The van der Waals surface area contributed by atoms with Crippen LogP contribution in [0.2, 0.25) is 0 Å². The number of ether oxygens (including phenoxy) is 1. The van der Waals surface area contributed by atoms with Gasteiger partial charge in [0.15, 0.2) is 0 Å². The molecule has 1 aliphatic rings. The van der Waals surface area contributed by atoms with Crippen LogP contribution in [0.15, 0.2) is 18.2 Å². The molecule has 25 heavy (non-hydrogen) atoms. The first-order chi connectivity index (χ1) is 11.8. The molecule has 0 atom stereocenters. The maximum Gasteiger partial charge on any atom is 0.416 e. The topological polar surface area (TPSA) is 74.2 Å². The zero-order valence-electron chi connectivity index (χ0n) is 13.9. The van der Waals surface area contributed by atoms with Crippen LogP contribution < -0.4 is 15.4 Å². The van der Waals surface area contributed by atoms with Gasteiger partial charge in [-0.2, -0.15) is 18.4 Å². The normalized spacial score (nSPS) is 16.1. The van der Waals surface area contributed by atoms with Crippen LogP contribution >= 0.6 is 0 Å². The fourth-order valence-electron chi connectivity index (χ4n) is 2.86. The Labute approximate surface area is 144 Å². The van der Waals surface area contributed by atoms with E-state index in [1.165, 1.54) is 6.07 Å². The lowest BCUT2D eigenvalue weighted by molar-refractivity contribution is -0.137. The SMILES string of the molecule is CCOc1ccc(C(F)(F)F)cc1NCC(=O)NC1(C#N)CCCC1. The van der Waals surface area contributed by atoms with Crippen LogP contribution in [0, 0.1) is 11.3 Å². The monoisotopic (exact) mass is 355 g/mol. The molecule has 8 heteroatoms. The molecule has 0 aliphatic heterocycles. The van der Waals surface area contributed by atoms with E-state index in [1.54, 1.807) is 6.92 Å². The lowest BCUT2D eigenvalue weighted by Gasteiger charge is -2.22. The minimum atomic E-state index is -4.49. The van der Waals surface area contributed by atoms with E-state index in [9.17, 15) is 23.2 Å². The summed E-state index contributed by atoms with van der Waals surface area (Å²) < 4.78 is 43.9. The Morgan fingerprint density at radius 1 is 1.36 bits per heavy atom. The molecule has 0 bridgehead atoms. The number of nitriles is 1. The Kier molecular flexibility index (Phi) is 5.77. The quantitative estimate of drug-likeness (QED) is 0.819. The van der Waals surface area contributed by atoms with E-state index in [2.05, 4.69) is 16.7 Å². The van der Waals surface area contributed by atoms with E-state index in [-0.39, 0.29) is 24.6 Å². The third-order valence-corrected chi connectivity index (χ3v) is 4.10. The summed E-state index contributed by atoms with van der Waals surface area (Å²) >= 11 is 0. The van der Waals surface area contributed by atoms with E-state index in [4.69, 9.17) is 4.74 Å². The number of benzene rings is 1. The molecule has 5 nitrogen and oxygen atoms in total. The van der Waals surface area contributed by atoms with Crippen molar-refractivity contribution in [3.63, 3.8) is 0 Å². The summed E-state index contributed by atoms with van der Waals surface area (Å²) in [6, 6.07) is 5.20. The van der Waals surface area contributed by atoms with Crippen LogP contribution in [0.3, 0.4) is 0 Å². The van der Waals surface area contributed by atoms with Crippen LogP contribution in [0.5, 0.6) is 5.75 Å². The molecule has 0 saturated heterocycles. The molecule has 1 fully saturated rings. The maximum atomic E-state index is 12.9. The number of nitrogens with zero attached hydrogens (tertiary/aromatic N) is 1. The Morgan fingerprint density at radius 2 is 2.04 bits per heavy atom. The van der Waals surface area contributed by atoms with Gasteiger partial charge in [0.05, 0.1) is 30.5 Å². The molecule has 136 valence electrons. The summed E-state index contributed by atoms with van der Waals surface area (Å²) in [6.45, 7) is 1.75. The minimum Gasteiger partial charge on any atom is -0.492 e. The van der Waals surface area contributed by atoms with E-state index < -0.39 is 23.2 Å². The van der Waals surface area contributed by atoms with Crippen molar-refractivity contribution in [1.29, 1.82) is 5.26 Å². The number of hydrogen-bond acceptors (Lipinski definition) is 4. The predicted molar refractivity (Wildman–Crippen MR) is 86.1 cm³/mol. The van der Waals surface area contributed by atoms with Crippen LogP contribution in [0.1, 0.15) is 38.2 Å². The van der Waals surface area contributed by atoms with Crippen LogP contribution in [0.25, 0.3) is 0 Å². The van der Waals surface area contributed by atoms with Gasteiger partial charge in [0.25, 0.3) is 0 Å². The number of hydrogen-bond donors (Lipinski definition) is 2. The average Bonchev–Trinajstić information content (AvgIpc) is 3.02. The van der Waals surface area contributed by atoms with Gasteiger partial charge in [-0.15, -0.1) is 0 Å². The third-order valence-electron chi connectivity index (χ3n) is 4.10. The highest BCUT2D eigenvalue weighted by Crippen LogP contribution is 2.35. The van der Waals surface area contributed by atoms with Crippen molar-refractivity contribution < 1.29 is 22.7 Å². The number of carbonyl (C=O) groups excluding carboxylic acids is 1. The molecule has 1 aliphatic carbocycles. The number of halogens is 3. The molecule has 1 saturated carbocycles. The highest BCUT2D eigenvalue weighted by molar-refractivity contribution is 5.82. The zero-order valence-corrected chi connectivity index (χ0v) is 13.9. The van der Waals surface area contributed by atoms with Gasteiger partial charge < -0.3 is 15.4 Å². The van der Waals surface area contributed by atoms with Gasteiger partial charge in [-0.05, 0) is 50.8 Å². The van der Waals surface area contributed by atoms with Gasteiger partial charge in [-0.25, -0.2) is 0 Å². The fourth-order valence-corrected chi connectivity index (χ4v) is 2.86.